The first-order valence-corrected chi connectivity index (χ1v) is 7.38. The molecule has 1 rings (SSSR count). The zero-order chi connectivity index (χ0) is 16.0. The Labute approximate surface area is 125 Å². The van der Waals surface area contributed by atoms with Crippen molar-refractivity contribution in [2.24, 2.45) is 11.5 Å². The van der Waals surface area contributed by atoms with Crippen molar-refractivity contribution in [2.45, 2.75) is 12.5 Å². The number of carbonyl (C=O) groups excluding carboxylic acids is 3. The Morgan fingerprint density at radius 2 is 1.76 bits per heavy atom. The quantitative estimate of drug-likeness (QED) is 0.530. The lowest BCUT2D eigenvalue weighted by atomic mass is 10.2. The SMILES string of the molecule is NC(=O)CN(CC(N)=O)C(=O)N1CCSCC1CC(=O)O. The number of hydrogen-bond donors (Lipinski definition) is 3. The normalized spacial score (nSPS) is 18.1. The molecule has 0 aromatic rings. The van der Waals surface area contributed by atoms with E-state index in [1.807, 2.05) is 0 Å². The Hall–Kier alpha value is -1.97. The highest BCUT2D eigenvalue weighted by atomic mass is 32.2. The maximum Gasteiger partial charge on any atom is 0.321 e. The van der Waals surface area contributed by atoms with Gasteiger partial charge in [-0.2, -0.15) is 11.8 Å². The summed E-state index contributed by atoms with van der Waals surface area (Å²) in [5.41, 5.74) is 10.1. The van der Waals surface area contributed by atoms with Crippen LogP contribution in [0.25, 0.3) is 0 Å². The highest BCUT2D eigenvalue weighted by Crippen LogP contribution is 2.20. The molecule has 5 N–H and O–H groups in total. The summed E-state index contributed by atoms with van der Waals surface area (Å²) in [6, 6.07) is -1.09. The highest BCUT2D eigenvalue weighted by Gasteiger charge is 2.32. The first kappa shape index (κ1) is 17.1. The molecule has 0 saturated carbocycles. The Morgan fingerprint density at radius 1 is 1.19 bits per heavy atom. The maximum absolute atomic E-state index is 12.4. The van der Waals surface area contributed by atoms with Gasteiger partial charge in [0.15, 0.2) is 0 Å². The van der Waals surface area contributed by atoms with Crippen LogP contribution in [0.3, 0.4) is 0 Å². The van der Waals surface area contributed by atoms with E-state index in [2.05, 4.69) is 0 Å². The number of urea groups is 1. The molecule has 4 amide bonds. The van der Waals surface area contributed by atoms with Gasteiger partial charge in [-0.3, -0.25) is 14.4 Å². The molecule has 0 aliphatic carbocycles. The van der Waals surface area contributed by atoms with Crippen molar-refractivity contribution in [3.05, 3.63) is 0 Å². The standard InChI is InChI=1S/C11H18N4O5S/c12-8(16)4-14(5-9(13)17)11(20)15-1-2-21-6-7(15)3-10(18)19/h7H,1-6H2,(H2,12,16)(H2,13,17)(H,18,19). The molecule has 0 radical (unpaired) electrons. The van der Waals surface area contributed by atoms with Crippen LogP contribution >= 0.6 is 11.8 Å². The lowest BCUT2D eigenvalue weighted by Gasteiger charge is -2.37. The maximum atomic E-state index is 12.4. The topological polar surface area (TPSA) is 147 Å². The molecule has 1 unspecified atom stereocenters. The molecular formula is C11H18N4O5S. The number of carboxylic acid groups (broad SMARTS) is 1. The fraction of sp³-hybridized carbons (Fsp3) is 0.636. The lowest BCUT2D eigenvalue weighted by molar-refractivity contribution is -0.138. The summed E-state index contributed by atoms with van der Waals surface area (Å²) in [5.74, 6) is -1.42. The third-order valence-electron chi connectivity index (χ3n) is 2.85. The van der Waals surface area contributed by atoms with Gasteiger partial charge in [-0.1, -0.05) is 0 Å². The van der Waals surface area contributed by atoms with Gasteiger partial charge in [0, 0.05) is 18.1 Å². The largest absolute Gasteiger partial charge is 0.481 e. The van der Waals surface area contributed by atoms with E-state index in [1.165, 1.54) is 4.90 Å². The molecule has 118 valence electrons. The molecule has 0 aromatic heterocycles. The Balaban J connectivity index is 2.84. The number of nitrogens with two attached hydrogens (primary N) is 2. The fourth-order valence-electron chi connectivity index (χ4n) is 2.03. The predicted molar refractivity (Wildman–Crippen MR) is 75.4 cm³/mol. The summed E-state index contributed by atoms with van der Waals surface area (Å²) in [6.45, 7) is -0.536. The molecule has 0 bridgehead atoms. The van der Waals surface area contributed by atoms with Crippen LogP contribution in [0.2, 0.25) is 0 Å². The van der Waals surface area contributed by atoms with E-state index in [4.69, 9.17) is 16.6 Å². The third-order valence-corrected chi connectivity index (χ3v) is 3.94. The van der Waals surface area contributed by atoms with E-state index in [9.17, 15) is 19.2 Å². The molecule has 1 aliphatic rings. The van der Waals surface area contributed by atoms with Crippen LogP contribution < -0.4 is 11.5 Å². The van der Waals surface area contributed by atoms with Crippen molar-refractivity contribution in [1.29, 1.82) is 0 Å². The van der Waals surface area contributed by atoms with Crippen LogP contribution in [-0.2, 0) is 14.4 Å². The molecule has 1 fully saturated rings. The van der Waals surface area contributed by atoms with Crippen molar-refractivity contribution in [2.75, 3.05) is 31.1 Å². The second-order valence-corrected chi connectivity index (χ2v) is 5.74. The van der Waals surface area contributed by atoms with E-state index in [1.54, 1.807) is 11.8 Å². The second-order valence-electron chi connectivity index (χ2n) is 4.59. The number of nitrogens with zero attached hydrogens (tertiary/aromatic N) is 2. The zero-order valence-electron chi connectivity index (χ0n) is 11.4. The van der Waals surface area contributed by atoms with Gasteiger partial charge < -0.3 is 26.4 Å². The number of hydrogen-bond acceptors (Lipinski definition) is 5. The second kappa shape index (κ2) is 7.72. The number of amides is 4. The average molecular weight is 318 g/mol. The highest BCUT2D eigenvalue weighted by molar-refractivity contribution is 7.99. The molecule has 21 heavy (non-hydrogen) atoms. The average Bonchev–Trinajstić information content (AvgIpc) is 2.36. The summed E-state index contributed by atoms with van der Waals surface area (Å²) in [6.07, 6.45) is -0.195. The zero-order valence-corrected chi connectivity index (χ0v) is 12.2. The molecule has 0 spiro atoms. The van der Waals surface area contributed by atoms with Gasteiger partial charge >= 0.3 is 12.0 Å². The minimum atomic E-state index is -1.02. The van der Waals surface area contributed by atoms with E-state index in [0.717, 1.165) is 4.90 Å². The first-order chi connectivity index (χ1) is 9.81. The van der Waals surface area contributed by atoms with Crippen molar-refractivity contribution in [1.82, 2.24) is 9.80 Å². The summed E-state index contributed by atoms with van der Waals surface area (Å²) >= 11 is 1.55. The summed E-state index contributed by atoms with van der Waals surface area (Å²) in [7, 11) is 0. The summed E-state index contributed by atoms with van der Waals surface area (Å²) in [4.78, 5) is 47.5. The van der Waals surface area contributed by atoms with Crippen LogP contribution in [0.1, 0.15) is 6.42 Å². The predicted octanol–water partition coefficient (Wildman–Crippen LogP) is -1.73. The summed E-state index contributed by atoms with van der Waals surface area (Å²) < 4.78 is 0. The van der Waals surface area contributed by atoms with Gasteiger partial charge in [-0.05, 0) is 0 Å². The Kier molecular flexibility index (Phi) is 6.28. The number of rotatable bonds is 6. The van der Waals surface area contributed by atoms with Gasteiger partial charge in [0.05, 0.1) is 12.5 Å². The molecule has 1 aliphatic heterocycles. The Morgan fingerprint density at radius 3 is 2.24 bits per heavy atom. The van der Waals surface area contributed by atoms with Gasteiger partial charge in [-0.25, -0.2) is 4.79 Å². The van der Waals surface area contributed by atoms with Crippen molar-refractivity contribution < 1.29 is 24.3 Å². The van der Waals surface area contributed by atoms with E-state index < -0.39 is 42.9 Å². The van der Waals surface area contributed by atoms with E-state index >= 15 is 0 Å². The number of aliphatic carboxylic acids is 1. The Bertz CT molecular complexity index is 428. The van der Waals surface area contributed by atoms with Crippen molar-refractivity contribution in [3.63, 3.8) is 0 Å². The first-order valence-electron chi connectivity index (χ1n) is 6.23. The van der Waals surface area contributed by atoms with Crippen LogP contribution in [0, 0.1) is 0 Å². The number of thioether (sulfide) groups is 1. The van der Waals surface area contributed by atoms with Crippen molar-refractivity contribution in [3.8, 4) is 0 Å². The van der Waals surface area contributed by atoms with Crippen LogP contribution in [0.5, 0.6) is 0 Å². The summed E-state index contributed by atoms with van der Waals surface area (Å²) in [5, 5.41) is 8.89. The molecule has 1 heterocycles. The lowest BCUT2D eigenvalue weighted by Crippen LogP contribution is -2.55. The molecular weight excluding hydrogens is 300 g/mol. The minimum absolute atomic E-state index is 0.195. The molecule has 1 atom stereocenters. The van der Waals surface area contributed by atoms with Crippen LogP contribution in [0.4, 0.5) is 4.79 Å². The monoisotopic (exact) mass is 318 g/mol. The smallest absolute Gasteiger partial charge is 0.321 e. The van der Waals surface area contributed by atoms with Gasteiger partial charge in [0.2, 0.25) is 11.8 Å². The number of carbonyl (C=O) groups is 4. The van der Waals surface area contributed by atoms with Crippen molar-refractivity contribution >= 4 is 35.6 Å². The van der Waals surface area contributed by atoms with E-state index in [-0.39, 0.29) is 6.42 Å². The molecule has 10 heteroatoms. The molecule has 0 aromatic carbocycles. The van der Waals surface area contributed by atoms with Gasteiger partial charge in [-0.15, -0.1) is 0 Å². The number of carboxylic acids is 1. The third kappa shape index (κ3) is 5.50. The molecule has 1 saturated heterocycles. The minimum Gasteiger partial charge on any atom is -0.481 e. The van der Waals surface area contributed by atoms with Crippen LogP contribution in [0.15, 0.2) is 0 Å². The van der Waals surface area contributed by atoms with Gasteiger partial charge in [0.1, 0.15) is 13.1 Å². The van der Waals surface area contributed by atoms with Gasteiger partial charge in [0.25, 0.3) is 0 Å². The number of primary amides is 2. The fourth-order valence-corrected chi connectivity index (χ4v) is 3.09. The molecule has 9 nitrogen and oxygen atoms in total. The van der Waals surface area contributed by atoms with E-state index in [0.29, 0.717) is 18.1 Å². The van der Waals surface area contributed by atoms with Crippen LogP contribution in [-0.4, -0.2) is 75.9 Å².